The van der Waals surface area contributed by atoms with Crippen molar-refractivity contribution >= 4 is 5.71 Å². The SMILES string of the molecule is C#[N+]C1CC(C(F)(F)F)=NC2=C1C=C(C)CC2. The lowest BCUT2D eigenvalue weighted by Gasteiger charge is -2.22. The van der Waals surface area contributed by atoms with Crippen molar-refractivity contribution in [2.45, 2.75) is 38.4 Å². The zero-order valence-electron chi connectivity index (χ0n) is 9.38. The van der Waals surface area contributed by atoms with Crippen molar-refractivity contribution in [2.75, 3.05) is 0 Å². The standard InChI is InChI=1S/C12H12F3N2/c1-7-3-4-9-8(5-7)10(16-2)6-11(17-9)12(13,14)15/h2,5,10H,3-4,6H2,1H3/q+1. The summed E-state index contributed by atoms with van der Waals surface area (Å²) in [5.74, 6) is 0. The lowest BCUT2D eigenvalue weighted by molar-refractivity contribution is -0.0607. The van der Waals surface area contributed by atoms with Gasteiger partial charge in [0.05, 0.1) is 17.7 Å². The van der Waals surface area contributed by atoms with Crippen LogP contribution in [0.25, 0.3) is 4.85 Å². The molecule has 0 saturated heterocycles. The molecule has 0 fully saturated rings. The summed E-state index contributed by atoms with van der Waals surface area (Å²) in [6.07, 6.45) is -1.52. The molecule has 0 saturated carbocycles. The largest absolute Gasteiger partial charge is 0.429 e. The van der Waals surface area contributed by atoms with E-state index in [9.17, 15) is 13.2 Å². The van der Waals surface area contributed by atoms with Crippen molar-refractivity contribution < 1.29 is 13.2 Å². The fourth-order valence-corrected chi connectivity index (χ4v) is 2.10. The van der Waals surface area contributed by atoms with Crippen LogP contribution in [-0.2, 0) is 0 Å². The third kappa shape index (κ3) is 2.26. The summed E-state index contributed by atoms with van der Waals surface area (Å²) in [5.41, 5.74) is 1.57. The topological polar surface area (TPSA) is 16.7 Å². The van der Waals surface area contributed by atoms with Crippen LogP contribution in [0.5, 0.6) is 0 Å². The van der Waals surface area contributed by atoms with E-state index < -0.39 is 17.9 Å². The van der Waals surface area contributed by atoms with Crippen molar-refractivity contribution in [1.29, 1.82) is 0 Å². The Balaban J connectivity index is 2.45. The van der Waals surface area contributed by atoms with Crippen LogP contribution in [0.15, 0.2) is 27.9 Å². The number of rotatable bonds is 0. The molecule has 1 aliphatic heterocycles. The van der Waals surface area contributed by atoms with Gasteiger partial charge in [0.15, 0.2) is 0 Å². The highest BCUT2D eigenvalue weighted by atomic mass is 19.4. The molecule has 0 bridgehead atoms. The Bertz CT molecular complexity index is 475. The average Bonchev–Trinajstić information content (AvgIpc) is 2.26. The first kappa shape index (κ1) is 11.9. The van der Waals surface area contributed by atoms with Crippen LogP contribution in [-0.4, -0.2) is 17.9 Å². The fourth-order valence-electron chi connectivity index (χ4n) is 2.10. The van der Waals surface area contributed by atoms with Crippen molar-refractivity contribution in [3.63, 3.8) is 0 Å². The van der Waals surface area contributed by atoms with E-state index in [1.807, 2.05) is 13.0 Å². The predicted octanol–water partition coefficient (Wildman–Crippen LogP) is 3.72. The zero-order valence-corrected chi connectivity index (χ0v) is 9.38. The van der Waals surface area contributed by atoms with Gasteiger partial charge in [-0.25, -0.2) is 0 Å². The molecule has 1 aliphatic carbocycles. The quantitative estimate of drug-likeness (QED) is 0.614. The molecule has 1 unspecified atom stereocenters. The van der Waals surface area contributed by atoms with Crippen LogP contribution in [0.1, 0.15) is 26.2 Å². The Kier molecular flexibility index (Phi) is 2.82. The first-order valence-electron chi connectivity index (χ1n) is 5.37. The molecule has 90 valence electrons. The molecule has 1 heterocycles. The molecule has 2 rings (SSSR count). The van der Waals surface area contributed by atoms with Gasteiger partial charge in [0.2, 0.25) is 0 Å². The Morgan fingerprint density at radius 3 is 2.71 bits per heavy atom. The van der Waals surface area contributed by atoms with Crippen LogP contribution >= 0.6 is 0 Å². The van der Waals surface area contributed by atoms with E-state index in [2.05, 4.69) is 9.84 Å². The van der Waals surface area contributed by atoms with E-state index in [1.54, 1.807) is 0 Å². The molecule has 5 heteroatoms. The maximum absolute atomic E-state index is 12.6. The number of nitrogens with zero attached hydrogens (tertiary/aromatic N) is 2. The highest BCUT2D eigenvalue weighted by molar-refractivity contribution is 5.93. The molecule has 0 aromatic heterocycles. The van der Waals surface area contributed by atoms with Gasteiger partial charge in [-0.1, -0.05) is 16.5 Å². The summed E-state index contributed by atoms with van der Waals surface area (Å²) in [6.45, 7) is 7.15. The number of hydrogen-bond donors (Lipinski definition) is 0. The number of aliphatic imine (C=N–C) groups is 1. The van der Waals surface area contributed by atoms with Crippen LogP contribution < -0.4 is 0 Å². The van der Waals surface area contributed by atoms with Gasteiger partial charge in [-0.15, -0.1) is 0 Å². The minimum atomic E-state index is -4.39. The highest BCUT2D eigenvalue weighted by Gasteiger charge is 2.43. The van der Waals surface area contributed by atoms with Crippen LogP contribution in [0, 0.1) is 6.57 Å². The zero-order chi connectivity index (χ0) is 12.6. The Morgan fingerprint density at radius 1 is 1.41 bits per heavy atom. The summed E-state index contributed by atoms with van der Waals surface area (Å²) in [4.78, 5) is 7.27. The van der Waals surface area contributed by atoms with Gasteiger partial charge < -0.3 is 0 Å². The second kappa shape index (κ2) is 4.02. The molecule has 17 heavy (non-hydrogen) atoms. The van der Waals surface area contributed by atoms with Gasteiger partial charge in [0, 0.05) is 0 Å². The molecule has 2 nitrogen and oxygen atoms in total. The van der Waals surface area contributed by atoms with E-state index in [-0.39, 0.29) is 6.42 Å². The van der Waals surface area contributed by atoms with Crippen molar-refractivity contribution in [1.82, 2.24) is 0 Å². The van der Waals surface area contributed by atoms with E-state index in [0.717, 1.165) is 17.6 Å². The maximum atomic E-state index is 12.6. The maximum Gasteiger partial charge on any atom is 0.429 e. The lowest BCUT2D eigenvalue weighted by Crippen LogP contribution is -2.31. The van der Waals surface area contributed by atoms with Crippen molar-refractivity contribution in [2.24, 2.45) is 4.99 Å². The normalized spacial score (nSPS) is 24.8. The Labute approximate surface area is 97.4 Å². The molecule has 2 aliphatic rings. The second-order valence-corrected chi connectivity index (χ2v) is 4.32. The summed E-state index contributed by atoms with van der Waals surface area (Å²) in [6, 6.07) is -0.616. The molecule has 0 N–H and O–H groups in total. The third-order valence-electron chi connectivity index (χ3n) is 3.01. The average molecular weight is 241 g/mol. The number of halogens is 3. The van der Waals surface area contributed by atoms with Gasteiger partial charge in [-0.2, -0.15) is 13.2 Å². The first-order valence-corrected chi connectivity index (χ1v) is 5.37. The third-order valence-corrected chi connectivity index (χ3v) is 3.01. The van der Waals surface area contributed by atoms with Crippen LogP contribution in [0.2, 0.25) is 0 Å². The molecule has 1 atom stereocenters. The summed E-state index contributed by atoms with van der Waals surface area (Å²) in [5, 5.41) is 0. The van der Waals surface area contributed by atoms with E-state index >= 15 is 0 Å². The predicted molar refractivity (Wildman–Crippen MR) is 60.2 cm³/mol. The van der Waals surface area contributed by atoms with E-state index in [0.29, 0.717) is 12.1 Å². The van der Waals surface area contributed by atoms with Gasteiger partial charge in [-0.05, 0) is 19.8 Å². The van der Waals surface area contributed by atoms with Gasteiger partial charge in [0.1, 0.15) is 5.71 Å². The lowest BCUT2D eigenvalue weighted by atomic mass is 9.88. The van der Waals surface area contributed by atoms with E-state index in [4.69, 9.17) is 6.57 Å². The Morgan fingerprint density at radius 2 is 2.12 bits per heavy atom. The monoisotopic (exact) mass is 241 g/mol. The molecule has 0 radical (unpaired) electrons. The van der Waals surface area contributed by atoms with Crippen molar-refractivity contribution in [3.8, 4) is 6.57 Å². The summed E-state index contributed by atoms with van der Waals surface area (Å²) in [7, 11) is 0. The van der Waals surface area contributed by atoms with Gasteiger partial charge in [-0.3, -0.25) is 4.99 Å². The van der Waals surface area contributed by atoms with E-state index in [1.165, 1.54) is 0 Å². The van der Waals surface area contributed by atoms with Crippen molar-refractivity contribution in [3.05, 3.63) is 27.8 Å². The van der Waals surface area contributed by atoms with Gasteiger partial charge in [0.25, 0.3) is 6.57 Å². The van der Waals surface area contributed by atoms with Crippen LogP contribution in [0.4, 0.5) is 13.2 Å². The molecule has 0 spiro atoms. The highest BCUT2D eigenvalue weighted by Crippen LogP contribution is 2.36. The molecule has 0 aromatic rings. The molecular weight excluding hydrogens is 229 g/mol. The minimum Gasteiger partial charge on any atom is -0.252 e. The first-order chi connectivity index (χ1) is 7.91. The summed E-state index contributed by atoms with van der Waals surface area (Å²) < 4.78 is 37.9. The minimum absolute atomic E-state index is 0.261. The Hall–Kier alpha value is -1.57. The fraction of sp³-hybridized carbons (Fsp3) is 0.500. The van der Waals surface area contributed by atoms with Gasteiger partial charge >= 0.3 is 12.2 Å². The van der Waals surface area contributed by atoms with Crippen LogP contribution in [0.3, 0.4) is 0 Å². The second-order valence-electron chi connectivity index (χ2n) is 4.32. The number of allylic oxidation sites excluding steroid dienone is 2. The summed E-state index contributed by atoms with van der Waals surface area (Å²) >= 11 is 0. The molecule has 0 aromatic carbocycles. The number of alkyl halides is 3. The molecule has 0 amide bonds. The smallest absolute Gasteiger partial charge is 0.252 e. The molecular formula is C12H12F3N2+. The number of hydrogen-bond acceptors (Lipinski definition) is 1.